The van der Waals surface area contributed by atoms with Gasteiger partial charge in [0.2, 0.25) is 0 Å². The van der Waals surface area contributed by atoms with Crippen molar-refractivity contribution >= 4 is 24.2 Å². The highest BCUT2D eigenvalue weighted by molar-refractivity contribution is 6.62. The highest BCUT2D eigenvalue weighted by Crippen LogP contribution is 2.34. The van der Waals surface area contributed by atoms with Gasteiger partial charge in [-0.2, -0.15) is 0 Å². The Bertz CT molecular complexity index is 670. The fraction of sp³-hybridized carbons (Fsp3) is 0.154. The molecule has 2 aromatic rings. The molecule has 1 aromatic heterocycles. The van der Waals surface area contributed by atoms with E-state index in [2.05, 4.69) is 9.72 Å². The third-order valence-corrected chi connectivity index (χ3v) is 3.01. The fourth-order valence-corrected chi connectivity index (χ4v) is 1.96. The average Bonchev–Trinajstić information content (AvgIpc) is 2.45. The number of rotatable bonds is 5. The van der Waals surface area contributed by atoms with Gasteiger partial charge < -0.3 is 19.5 Å². The highest BCUT2D eigenvalue weighted by Gasteiger charge is 2.33. The van der Waals surface area contributed by atoms with Crippen LogP contribution in [-0.4, -0.2) is 28.5 Å². The number of aromatic nitrogens is 1. The first kappa shape index (κ1) is 17.4. The van der Waals surface area contributed by atoms with Crippen molar-refractivity contribution in [3.8, 4) is 11.5 Å². The molecule has 122 valence electrons. The summed E-state index contributed by atoms with van der Waals surface area (Å²) in [5, 5.41) is 18.1. The summed E-state index contributed by atoms with van der Waals surface area (Å²) >= 11 is 5.71. The van der Waals surface area contributed by atoms with Crippen molar-refractivity contribution in [3.63, 3.8) is 0 Å². The predicted octanol–water partition coefficient (Wildman–Crippen LogP) is 1.89. The minimum atomic E-state index is -4.95. The van der Waals surface area contributed by atoms with Gasteiger partial charge in [-0.15, -0.1) is 13.2 Å². The molecule has 10 heteroatoms. The summed E-state index contributed by atoms with van der Waals surface area (Å²) in [7, 11) is -1.97. The minimum Gasteiger partial charge on any atom is -0.485 e. The van der Waals surface area contributed by atoms with Crippen molar-refractivity contribution in [1.82, 2.24) is 4.98 Å². The summed E-state index contributed by atoms with van der Waals surface area (Å²) in [4.78, 5) is 3.85. The van der Waals surface area contributed by atoms with E-state index in [1.165, 1.54) is 12.4 Å². The molecule has 0 radical (unpaired) electrons. The normalized spacial score (nSPS) is 11.2. The zero-order valence-corrected chi connectivity index (χ0v) is 12.2. The second kappa shape index (κ2) is 7.07. The van der Waals surface area contributed by atoms with Crippen LogP contribution >= 0.6 is 11.6 Å². The van der Waals surface area contributed by atoms with Gasteiger partial charge in [0.15, 0.2) is 11.5 Å². The van der Waals surface area contributed by atoms with Gasteiger partial charge in [-0.1, -0.05) is 17.7 Å². The summed E-state index contributed by atoms with van der Waals surface area (Å²) in [6.07, 6.45) is -1.94. The molecule has 0 aliphatic rings. The Hall–Kier alpha value is -1.97. The van der Waals surface area contributed by atoms with Crippen molar-refractivity contribution in [2.24, 2.45) is 0 Å². The molecule has 2 rings (SSSR count). The number of alkyl halides is 3. The molecule has 5 nitrogen and oxygen atoms in total. The first-order valence-electron chi connectivity index (χ1n) is 6.23. The lowest BCUT2D eigenvalue weighted by atomic mass is 9.80. The van der Waals surface area contributed by atoms with Gasteiger partial charge in [0, 0.05) is 34.5 Å². The monoisotopic (exact) mass is 347 g/mol. The van der Waals surface area contributed by atoms with E-state index in [0.29, 0.717) is 5.56 Å². The van der Waals surface area contributed by atoms with E-state index in [1.807, 2.05) is 0 Å². The lowest BCUT2D eigenvalue weighted by Gasteiger charge is -2.16. The number of pyridine rings is 1. The van der Waals surface area contributed by atoms with Crippen LogP contribution < -0.4 is 14.9 Å². The van der Waals surface area contributed by atoms with Crippen LogP contribution in [-0.2, 0) is 6.61 Å². The Morgan fingerprint density at radius 2 is 1.96 bits per heavy atom. The van der Waals surface area contributed by atoms with E-state index < -0.39 is 19.2 Å². The molecule has 0 aliphatic heterocycles. The molecule has 2 N–H and O–H groups in total. The summed E-state index contributed by atoms with van der Waals surface area (Å²) in [6.45, 7) is -0.0926. The Morgan fingerprint density at radius 3 is 2.52 bits per heavy atom. The molecule has 0 saturated carbocycles. The van der Waals surface area contributed by atoms with Gasteiger partial charge in [0.05, 0.1) is 0 Å². The zero-order chi connectivity index (χ0) is 17.0. The number of hydrogen-bond donors (Lipinski definition) is 2. The Morgan fingerprint density at radius 1 is 1.22 bits per heavy atom. The van der Waals surface area contributed by atoms with Crippen LogP contribution in [0.3, 0.4) is 0 Å². The van der Waals surface area contributed by atoms with Crippen molar-refractivity contribution in [3.05, 3.63) is 47.2 Å². The maximum atomic E-state index is 12.4. The molecular formula is C13H10BClF3NO4. The van der Waals surface area contributed by atoms with Crippen LogP contribution in [0.2, 0.25) is 5.02 Å². The average molecular weight is 347 g/mol. The Balaban J connectivity index is 2.31. The third kappa shape index (κ3) is 5.02. The van der Waals surface area contributed by atoms with E-state index >= 15 is 0 Å². The molecule has 0 fully saturated rings. The molecule has 0 amide bonds. The van der Waals surface area contributed by atoms with Gasteiger partial charge in [0.25, 0.3) is 0 Å². The third-order valence-electron chi connectivity index (χ3n) is 2.68. The van der Waals surface area contributed by atoms with Crippen LogP contribution in [0.5, 0.6) is 11.5 Å². The van der Waals surface area contributed by atoms with Crippen LogP contribution in [0.25, 0.3) is 0 Å². The number of ether oxygens (including phenoxy) is 2. The van der Waals surface area contributed by atoms with Crippen molar-refractivity contribution < 1.29 is 32.7 Å². The van der Waals surface area contributed by atoms with E-state index in [1.54, 1.807) is 12.1 Å². The van der Waals surface area contributed by atoms with Crippen LogP contribution in [0.15, 0.2) is 36.7 Å². The lowest BCUT2D eigenvalue weighted by Crippen LogP contribution is -2.31. The summed E-state index contributed by atoms with van der Waals surface area (Å²) < 4.78 is 46.5. The maximum Gasteiger partial charge on any atom is 0.573 e. The fourth-order valence-electron chi connectivity index (χ4n) is 1.71. The molecule has 0 spiro atoms. The zero-order valence-electron chi connectivity index (χ0n) is 11.4. The standard InChI is InChI=1S/C13H10BClF3NO4/c15-10-5-12(23-13(16,17)18)11(4-9(10)14(20)21)22-7-8-2-1-3-19-6-8/h1-6,20-21H,7H2. The molecule has 0 atom stereocenters. The molecule has 1 aromatic carbocycles. The SMILES string of the molecule is OB(O)c1cc(OCc2cccnc2)c(OC(F)(F)F)cc1Cl. The van der Waals surface area contributed by atoms with E-state index in [-0.39, 0.29) is 22.8 Å². The second-order valence-electron chi connectivity index (χ2n) is 4.39. The molecule has 0 bridgehead atoms. The molecule has 0 unspecified atom stereocenters. The van der Waals surface area contributed by atoms with Crippen LogP contribution in [0.1, 0.15) is 5.56 Å². The number of benzene rings is 1. The smallest absolute Gasteiger partial charge is 0.485 e. The second-order valence-corrected chi connectivity index (χ2v) is 4.80. The Kier molecular flexibility index (Phi) is 5.35. The highest BCUT2D eigenvalue weighted by atomic mass is 35.5. The summed E-state index contributed by atoms with van der Waals surface area (Å²) in [5.41, 5.74) is 0.397. The van der Waals surface area contributed by atoms with Gasteiger partial charge in [-0.05, 0) is 12.1 Å². The summed E-state index contributed by atoms with van der Waals surface area (Å²) in [5.74, 6) is -1.02. The van der Waals surface area contributed by atoms with Crippen LogP contribution in [0.4, 0.5) is 13.2 Å². The van der Waals surface area contributed by atoms with Gasteiger partial charge in [-0.3, -0.25) is 4.98 Å². The first-order chi connectivity index (χ1) is 10.8. The lowest BCUT2D eigenvalue weighted by molar-refractivity contribution is -0.275. The predicted molar refractivity (Wildman–Crippen MR) is 76.5 cm³/mol. The maximum absolute atomic E-state index is 12.4. The van der Waals surface area contributed by atoms with Crippen molar-refractivity contribution in [2.45, 2.75) is 13.0 Å². The molecule has 1 heterocycles. The van der Waals surface area contributed by atoms with Crippen molar-refractivity contribution in [1.29, 1.82) is 0 Å². The van der Waals surface area contributed by atoms with Gasteiger partial charge >= 0.3 is 13.5 Å². The molecular weight excluding hydrogens is 337 g/mol. The largest absolute Gasteiger partial charge is 0.573 e. The Labute approximate surface area is 134 Å². The van der Waals surface area contributed by atoms with Crippen LogP contribution in [0, 0.1) is 0 Å². The number of hydrogen-bond acceptors (Lipinski definition) is 5. The van der Waals surface area contributed by atoms with Gasteiger partial charge in [0.1, 0.15) is 6.61 Å². The summed E-state index contributed by atoms with van der Waals surface area (Å²) in [6, 6.07) is 5.08. The van der Waals surface area contributed by atoms with E-state index in [4.69, 9.17) is 16.3 Å². The first-order valence-corrected chi connectivity index (χ1v) is 6.61. The minimum absolute atomic E-state index is 0.0926. The van der Waals surface area contributed by atoms with Gasteiger partial charge in [-0.25, -0.2) is 0 Å². The quantitative estimate of drug-likeness (QED) is 0.808. The van der Waals surface area contributed by atoms with E-state index in [9.17, 15) is 23.2 Å². The number of halogens is 4. The molecule has 0 saturated heterocycles. The van der Waals surface area contributed by atoms with Crippen molar-refractivity contribution in [2.75, 3.05) is 0 Å². The number of nitrogens with zero attached hydrogens (tertiary/aromatic N) is 1. The molecule has 23 heavy (non-hydrogen) atoms. The topological polar surface area (TPSA) is 71.8 Å². The van der Waals surface area contributed by atoms with E-state index in [0.717, 1.165) is 12.1 Å². The molecule has 0 aliphatic carbocycles.